The fourth-order valence-electron chi connectivity index (χ4n) is 3.96. The van der Waals surface area contributed by atoms with Crippen molar-refractivity contribution in [3.05, 3.63) is 131 Å². The first-order valence-electron chi connectivity index (χ1n) is 12.9. The van der Waals surface area contributed by atoms with Gasteiger partial charge >= 0.3 is 0 Å². The number of nitrogens with zero attached hydrogens (tertiary/aromatic N) is 1. The summed E-state index contributed by atoms with van der Waals surface area (Å²) in [4.78, 5) is 25.5. The third-order valence-electron chi connectivity index (χ3n) is 5.89. The molecule has 2 amide bonds. The Kier molecular flexibility index (Phi) is 9.99. The fraction of sp³-hybridized carbons (Fsp3) is 0.156. The highest BCUT2D eigenvalue weighted by atomic mass is 19.1. The molecule has 0 heterocycles. The van der Waals surface area contributed by atoms with E-state index in [9.17, 15) is 14.0 Å². The van der Waals surface area contributed by atoms with Crippen LogP contribution in [0.5, 0.6) is 11.5 Å². The standard InChI is InChI=1S/C32H30FN3O4/c1-2-39-30-19-23(16-17-29(30)40-22-24-10-9-15-27(33)18-24)21-34-36-31(37)20-28(25-11-5-3-6-12-25)35-32(38)26-13-7-4-8-14-26/h3-19,21,28H,2,20,22H2,1H3,(H,35,38)(H,36,37)/b34-21-/t28-/m0/s1. The first kappa shape index (κ1) is 28.0. The molecule has 0 radical (unpaired) electrons. The molecule has 1 atom stereocenters. The molecule has 0 saturated heterocycles. The molecule has 0 aromatic heterocycles. The van der Waals surface area contributed by atoms with Crippen LogP contribution in [0.3, 0.4) is 0 Å². The van der Waals surface area contributed by atoms with Crippen molar-refractivity contribution in [2.24, 2.45) is 5.10 Å². The number of carbonyl (C=O) groups is 2. The number of nitrogens with one attached hydrogen (secondary N) is 2. The lowest BCUT2D eigenvalue weighted by atomic mass is 10.0. The van der Waals surface area contributed by atoms with Crippen molar-refractivity contribution < 1.29 is 23.5 Å². The smallest absolute Gasteiger partial charge is 0.251 e. The zero-order chi connectivity index (χ0) is 28.2. The molecule has 40 heavy (non-hydrogen) atoms. The van der Waals surface area contributed by atoms with Crippen molar-refractivity contribution >= 4 is 18.0 Å². The molecule has 0 aliphatic rings. The van der Waals surface area contributed by atoms with Gasteiger partial charge in [-0.05, 0) is 66.1 Å². The lowest BCUT2D eigenvalue weighted by Gasteiger charge is -2.18. The van der Waals surface area contributed by atoms with E-state index in [0.29, 0.717) is 34.8 Å². The summed E-state index contributed by atoms with van der Waals surface area (Å²) in [6, 6.07) is 29.1. The minimum absolute atomic E-state index is 0.00300. The Morgan fingerprint density at radius 2 is 1.62 bits per heavy atom. The third-order valence-corrected chi connectivity index (χ3v) is 5.89. The summed E-state index contributed by atoms with van der Waals surface area (Å²) in [6.07, 6.45) is 1.49. The van der Waals surface area contributed by atoms with Gasteiger partial charge in [0.1, 0.15) is 12.4 Å². The van der Waals surface area contributed by atoms with Crippen molar-refractivity contribution in [2.45, 2.75) is 26.0 Å². The van der Waals surface area contributed by atoms with Crippen LogP contribution in [0.25, 0.3) is 0 Å². The lowest BCUT2D eigenvalue weighted by molar-refractivity contribution is -0.121. The van der Waals surface area contributed by atoms with E-state index in [0.717, 1.165) is 5.56 Å². The maximum absolute atomic E-state index is 13.5. The zero-order valence-corrected chi connectivity index (χ0v) is 22.0. The van der Waals surface area contributed by atoms with Gasteiger partial charge in [-0.2, -0.15) is 5.10 Å². The molecular formula is C32H30FN3O4. The number of hydrogen-bond donors (Lipinski definition) is 2. The number of benzene rings is 4. The van der Waals surface area contributed by atoms with Gasteiger partial charge in [0, 0.05) is 5.56 Å². The number of carbonyl (C=O) groups excluding carboxylic acids is 2. The number of ether oxygens (including phenoxy) is 2. The highest BCUT2D eigenvalue weighted by Gasteiger charge is 2.19. The van der Waals surface area contributed by atoms with Crippen molar-refractivity contribution in [1.82, 2.24) is 10.7 Å². The van der Waals surface area contributed by atoms with Gasteiger partial charge in [-0.15, -0.1) is 0 Å². The summed E-state index contributed by atoms with van der Waals surface area (Å²) in [5.74, 6) is 0.0509. The maximum Gasteiger partial charge on any atom is 0.251 e. The van der Waals surface area contributed by atoms with Crippen molar-refractivity contribution in [3.8, 4) is 11.5 Å². The van der Waals surface area contributed by atoms with Gasteiger partial charge in [0.25, 0.3) is 5.91 Å². The molecule has 0 bridgehead atoms. The van der Waals surface area contributed by atoms with E-state index in [1.807, 2.05) is 43.3 Å². The van der Waals surface area contributed by atoms with Gasteiger partial charge in [-0.25, -0.2) is 9.82 Å². The summed E-state index contributed by atoms with van der Waals surface area (Å²) in [7, 11) is 0. The van der Waals surface area contributed by atoms with E-state index in [2.05, 4.69) is 15.8 Å². The molecule has 7 nitrogen and oxygen atoms in total. The molecule has 4 aromatic rings. The molecule has 0 aliphatic heterocycles. The molecule has 0 aliphatic carbocycles. The lowest BCUT2D eigenvalue weighted by Crippen LogP contribution is -2.32. The van der Waals surface area contributed by atoms with E-state index in [-0.39, 0.29) is 30.7 Å². The molecule has 0 fully saturated rings. The average Bonchev–Trinajstić information content (AvgIpc) is 2.97. The molecule has 4 rings (SSSR count). The van der Waals surface area contributed by atoms with Gasteiger partial charge < -0.3 is 14.8 Å². The summed E-state index contributed by atoms with van der Waals surface area (Å²) < 4.78 is 25.0. The monoisotopic (exact) mass is 539 g/mol. The van der Waals surface area contributed by atoms with Crippen LogP contribution in [-0.2, 0) is 11.4 Å². The Labute approximate surface area is 232 Å². The Morgan fingerprint density at radius 1 is 0.875 bits per heavy atom. The van der Waals surface area contributed by atoms with Crippen LogP contribution in [-0.4, -0.2) is 24.6 Å². The topological polar surface area (TPSA) is 89.0 Å². The number of halogens is 1. The van der Waals surface area contributed by atoms with E-state index in [4.69, 9.17) is 9.47 Å². The van der Waals surface area contributed by atoms with Crippen molar-refractivity contribution in [3.63, 3.8) is 0 Å². The van der Waals surface area contributed by atoms with Gasteiger partial charge in [0.15, 0.2) is 11.5 Å². The second-order valence-electron chi connectivity index (χ2n) is 8.86. The predicted octanol–water partition coefficient (Wildman–Crippen LogP) is 5.81. The van der Waals surface area contributed by atoms with Crippen molar-refractivity contribution in [1.29, 1.82) is 0 Å². The maximum atomic E-state index is 13.5. The average molecular weight is 540 g/mol. The molecule has 204 valence electrons. The van der Waals surface area contributed by atoms with E-state index < -0.39 is 6.04 Å². The number of amides is 2. The summed E-state index contributed by atoms with van der Waals surface area (Å²) in [5.41, 5.74) is 5.23. The Balaban J connectivity index is 1.38. The van der Waals surface area contributed by atoms with Crippen LogP contribution in [0.15, 0.2) is 108 Å². The molecule has 0 unspecified atom stereocenters. The summed E-state index contributed by atoms with van der Waals surface area (Å²) in [6.45, 7) is 2.46. The quantitative estimate of drug-likeness (QED) is 0.176. The van der Waals surface area contributed by atoms with Crippen molar-refractivity contribution in [2.75, 3.05) is 6.61 Å². The second-order valence-corrected chi connectivity index (χ2v) is 8.86. The Hall–Kier alpha value is -4.98. The van der Waals surface area contributed by atoms with E-state index in [1.54, 1.807) is 54.6 Å². The van der Waals surface area contributed by atoms with E-state index in [1.165, 1.54) is 18.3 Å². The van der Waals surface area contributed by atoms with Crippen LogP contribution >= 0.6 is 0 Å². The van der Waals surface area contributed by atoms with Gasteiger partial charge in [0.2, 0.25) is 5.91 Å². The second kappa shape index (κ2) is 14.2. The first-order valence-corrected chi connectivity index (χ1v) is 12.9. The van der Waals surface area contributed by atoms with Crippen LogP contribution < -0.4 is 20.2 Å². The highest BCUT2D eigenvalue weighted by Crippen LogP contribution is 2.29. The largest absolute Gasteiger partial charge is 0.490 e. The van der Waals surface area contributed by atoms with Crippen LogP contribution in [0.2, 0.25) is 0 Å². The molecule has 4 aromatic carbocycles. The normalized spacial score (nSPS) is 11.6. The highest BCUT2D eigenvalue weighted by molar-refractivity contribution is 5.94. The molecule has 0 spiro atoms. The molecule has 0 saturated carbocycles. The third kappa shape index (κ3) is 8.26. The number of hydrogen-bond acceptors (Lipinski definition) is 5. The number of rotatable bonds is 12. The molecule has 2 N–H and O–H groups in total. The van der Waals surface area contributed by atoms with Crippen LogP contribution in [0, 0.1) is 5.82 Å². The first-order chi connectivity index (χ1) is 19.5. The SMILES string of the molecule is CCOc1cc(/C=N\NC(=O)C[C@H](NC(=O)c2ccccc2)c2ccccc2)ccc1OCc1cccc(F)c1. The summed E-state index contributed by atoms with van der Waals surface area (Å²) in [5, 5.41) is 7.02. The van der Waals surface area contributed by atoms with Crippen LogP contribution in [0.4, 0.5) is 4.39 Å². The molecular weight excluding hydrogens is 509 g/mol. The minimum atomic E-state index is -0.539. The Morgan fingerprint density at radius 3 is 2.35 bits per heavy atom. The van der Waals surface area contributed by atoms with Crippen LogP contribution in [0.1, 0.15) is 46.4 Å². The van der Waals surface area contributed by atoms with Gasteiger partial charge in [-0.1, -0.05) is 60.7 Å². The Bertz CT molecular complexity index is 1450. The van der Waals surface area contributed by atoms with E-state index >= 15 is 0 Å². The fourth-order valence-corrected chi connectivity index (χ4v) is 3.96. The van der Waals surface area contributed by atoms with Gasteiger partial charge in [0.05, 0.1) is 25.3 Å². The van der Waals surface area contributed by atoms with Gasteiger partial charge in [-0.3, -0.25) is 9.59 Å². The summed E-state index contributed by atoms with van der Waals surface area (Å²) >= 11 is 0. The predicted molar refractivity (Wildman–Crippen MR) is 152 cm³/mol. The molecule has 8 heteroatoms. The zero-order valence-electron chi connectivity index (χ0n) is 22.0. The minimum Gasteiger partial charge on any atom is -0.490 e. The number of hydrazone groups is 1.